The van der Waals surface area contributed by atoms with Crippen molar-refractivity contribution in [2.24, 2.45) is 5.16 Å². The highest BCUT2D eigenvalue weighted by Gasteiger charge is 2.23. The summed E-state index contributed by atoms with van der Waals surface area (Å²) in [5, 5.41) is 4.77. The van der Waals surface area contributed by atoms with Crippen LogP contribution in [0.3, 0.4) is 0 Å². The Bertz CT molecular complexity index is 865. The highest BCUT2D eigenvalue weighted by Crippen LogP contribution is 2.33. The Hall–Kier alpha value is -2.02. The number of alkyl halides is 2. The first-order valence-corrected chi connectivity index (χ1v) is 8.47. The van der Waals surface area contributed by atoms with Gasteiger partial charge < -0.3 is 0 Å². The molecule has 0 amide bonds. The van der Waals surface area contributed by atoms with E-state index in [1.54, 1.807) is 24.3 Å². The van der Waals surface area contributed by atoms with Crippen LogP contribution in [0.4, 0.5) is 8.78 Å². The number of halogens is 2. The van der Waals surface area contributed by atoms with Gasteiger partial charge in [-0.2, -0.15) is 8.42 Å². The molecule has 0 fully saturated rings. The van der Waals surface area contributed by atoms with Crippen LogP contribution in [0.15, 0.2) is 35.5 Å². The van der Waals surface area contributed by atoms with E-state index in [9.17, 15) is 17.2 Å². The predicted molar refractivity (Wildman–Crippen MR) is 79.8 cm³/mol. The summed E-state index contributed by atoms with van der Waals surface area (Å²) >= 11 is 0. The molecular weight excluding hydrogens is 312 g/mol. The topological polar surface area (TPSA) is 55.7 Å². The van der Waals surface area contributed by atoms with Gasteiger partial charge in [0.25, 0.3) is 6.43 Å². The fourth-order valence-corrected chi connectivity index (χ4v) is 3.00. The lowest BCUT2D eigenvalue weighted by Crippen LogP contribution is -2.14. The predicted octanol–water partition coefficient (Wildman–Crippen LogP) is 2.88. The van der Waals surface area contributed by atoms with Crippen LogP contribution in [0, 0.1) is 0 Å². The third-order valence-electron chi connectivity index (χ3n) is 3.63. The molecule has 0 atom stereocenters. The summed E-state index contributed by atoms with van der Waals surface area (Å²) in [6.45, 7) is 0. The molecule has 0 radical (unpaired) electrons. The lowest BCUT2D eigenvalue weighted by molar-refractivity contribution is 0.219. The van der Waals surface area contributed by atoms with Crippen LogP contribution in [0.5, 0.6) is 0 Å². The summed E-state index contributed by atoms with van der Waals surface area (Å²) in [4.78, 5) is 0. The molecule has 0 aromatic heterocycles. The van der Waals surface area contributed by atoms with E-state index in [4.69, 9.17) is 0 Å². The van der Waals surface area contributed by atoms with E-state index < -0.39 is 22.3 Å². The molecule has 3 rings (SSSR count). The molecule has 2 aromatic rings. The van der Waals surface area contributed by atoms with E-state index in [0.717, 1.165) is 35.6 Å². The van der Waals surface area contributed by atoms with Gasteiger partial charge in [0.15, 0.2) is 5.71 Å². The Morgan fingerprint density at radius 3 is 2.50 bits per heavy atom. The summed E-state index contributed by atoms with van der Waals surface area (Å²) in [6.07, 6.45) is -0.443. The monoisotopic (exact) mass is 325 g/mol. The molecule has 0 bridgehead atoms. The SMILES string of the molecule is CS(=O)(=O)ON=C(c1ccc2c3c(cccc13)CC2)C(F)F. The quantitative estimate of drug-likeness (QED) is 0.641. The van der Waals surface area contributed by atoms with Gasteiger partial charge in [-0.15, -0.1) is 0 Å². The second-order valence-electron chi connectivity index (χ2n) is 5.17. The number of benzene rings is 2. The molecule has 1 aliphatic carbocycles. The average Bonchev–Trinajstić information content (AvgIpc) is 2.85. The van der Waals surface area contributed by atoms with Crippen molar-refractivity contribution >= 4 is 26.6 Å². The second kappa shape index (κ2) is 5.31. The Morgan fingerprint density at radius 1 is 1.18 bits per heavy atom. The number of nitrogens with zero attached hydrogens (tertiary/aromatic N) is 1. The van der Waals surface area contributed by atoms with Crippen LogP contribution < -0.4 is 0 Å². The summed E-state index contributed by atoms with van der Waals surface area (Å²) in [6, 6.07) is 8.84. The van der Waals surface area contributed by atoms with E-state index in [2.05, 4.69) is 9.44 Å². The second-order valence-corrected chi connectivity index (χ2v) is 6.73. The zero-order valence-electron chi connectivity index (χ0n) is 11.7. The van der Waals surface area contributed by atoms with Gasteiger partial charge in [0.05, 0.1) is 6.26 Å². The van der Waals surface area contributed by atoms with Crippen molar-refractivity contribution in [3.05, 3.63) is 47.0 Å². The van der Waals surface area contributed by atoms with Crippen molar-refractivity contribution in [3.8, 4) is 0 Å². The maximum Gasteiger partial charge on any atom is 0.325 e. The van der Waals surface area contributed by atoms with Crippen LogP contribution in [0.25, 0.3) is 10.8 Å². The van der Waals surface area contributed by atoms with Gasteiger partial charge in [0, 0.05) is 5.56 Å². The molecule has 0 saturated heterocycles. The molecule has 4 nitrogen and oxygen atoms in total. The highest BCUT2D eigenvalue weighted by molar-refractivity contribution is 7.85. The Kier molecular flexibility index (Phi) is 3.60. The molecule has 0 N–H and O–H groups in total. The van der Waals surface area contributed by atoms with Gasteiger partial charge in [-0.3, -0.25) is 4.28 Å². The molecule has 2 aromatic carbocycles. The van der Waals surface area contributed by atoms with Crippen molar-refractivity contribution in [2.75, 3.05) is 6.26 Å². The first-order valence-electron chi connectivity index (χ1n) is 6.65. The fourth-order valence-electron chi connectivity index (χ4n) is 2.78. The third kappa shape index (κ3) is 2.68. The van der Waals surface area contributed by atoms with Gasteiger partial charge in [-0.05, 0) is 34.7 Å². The van der Waals surface area contributed by atoms with Gasteiger partial charge >= 0.3 is 10.1 Å². The number of rotatable bonds is 4. The van der Waals surface area contributed by atoms with Crippen LogP contribution in [-0.2, 0) is 27.2 Å². The molecule has 7 heteroatoms. The molecule has 0 aliphatic heterocycles. The minimum Gasteiger partial charge on any atom is -0.268 e. The van der Waals surface area contributed by atoms with Crippen molar-refractivity contribution in [3.63, 3.8) is 0 Å². The molecule has 22 heavy (non-hydrogen) atoms. The average molecular weight is 325 g/mol. The van der Waals surface area contributed by atoms with E-state index >= 15 is 0 Å². The summed E-state index contributed by atoms with van der Waals surface area (Å²) < 4.78 is 52.8. The number of hydrogen-bond acceptors (Lipinski definition) is 4. The van der Waals surface area contributed by atoms with Crippen molar-refractivity contribution in [2.45, 2.75) is 19.3 Å². The first-order chi connectivity index (χ1) is 10.4. The van der Waals surface area contributed by atoms with Crippen LogP contribution in [0.1, 0.15) is 16.7 Å². The summed E-state index contributed by atoms with van der Waals surface area (Å²) in [7, 11) is -3.94. The maximum atomic E-state index is 13.3. The molecule has 0 spiro atoms. The Morgan fingerprint density at radius 2 is 1.86 bits per heavy atom. The molecule has 1 aliphatic rings. The van der Waals surface area contributed by atoms with Crippen LogP contribution in [-0.4, -0.2) is 26.8 Å². The molecule has 0 saturated carbocycles. The van der Waals surface area contributed by atoms with Crippen molar-refractivity contribution in [1.29, 1.82) is 0 Å². The van der Waals surface area contributed by atoms with Crippen LogP contribution in [0.2, 0.25) is 0 Å². The molecule has 0 unspecified atom stereocenters. The zero-order chi connectivity index (χ0) is 15.9. The van der Waals surface area contributed by atoms with Gasteiger partial charge in [-0.25, -0.2) is 8.78 Å². The molecule has 0 heterocycles. The van der Waals surface area contributed by atoms with E-state index in [1.165, 1.54) is 0 Å². The fraction of sp³-hybridized carbons (Fsp3) is 0.267. The van der Waals surface area contributed by atoms with E-state index in [-0.39, 0.29) is 5.56 Å². The van der Waals surface area contributed by atoms with Crippen molar-refractivity contribution < 1.29 is 21.5 Å². The van der Waals surface area contributed by atoms with Crippen molar-refractivity contribution in [1.82, 2.24) is 0 Å². The Balaban J connectivity index is 2.20. The number of oxime groups is 1. The normalized spacial score (nSPS) is 14.8. The summed E-state index contributed by atoms with van der Waals surface area (Å²) in [5.41, 5.74) is 1.72. The minimum atomic E-state index is -3.94. The van der Waals surface area contributed by atoms with Gasteiger partial charge in [0.2, 0.25) is 0 Å². The highest BCUT2D eigenvalue weighted by atomic mass is 32.2. The number of aryl methyl sites for hydroxylation is 2. The smallest absolute Gasteiger partial charge is 0.268 e. The summed E-state index contributed by atoms with van der Waals surface area (Å²) in [5.74, 6) is 0. The lowest BCUT2D eigenvalue weighted by atomic mass is 9.97. The van der Waals surface area contributed by atoms with Crippen LogP contribution >= 0.6 is 0 Å². The maximum absolute atomic E-state index is 13.3. The first kappa shape index (κ1) is 14.9. The van der Waals surface area contributed by atoms with E-state index in [1.807, 2.05) is 6.07 Å². The minimum absolute atomic E-state index is 0.196. The Labute approximate surface area is 126 Å². The standard InChI is InChI=1S/C15H13F2NO3S/c1-22(19,20)21-18-14(15(16)17)12-8-7-10-6-5-9-3-2-4-11(12)13(9)10/h2-4,7-8,15H,5-6H2,1H3. The zero-order valence-corrected chi connectivity index (χ0v) is 12.5. The van der Waals surface area contributed by atoms with Gasteiger partial charge in [-0.1, -0.05) is 35.5 Å². The van der Waals surface area contributed by atoms with Gasteiger partial charge in [0.1, 0.15) is 0 Å². The van der Waals surface area contributed by atoms with E-state index in [0.29, 0.717) is 5.39 Å². The largest absolute Gasteiger partial charge is 0.325 e. The lowest BCUT2D eigenvalue weighted by Gasteiger charge is -2.10. The third-order valence-corrected chi connectivity index (χ3v) is 3.98. The number of hydrogen-bond donors (Lipinski definition) is 0. The molecule has 116 valence electrons. The molecular formula is C15H13F2NO3S.